The predicted octanol–water partition coefficient (Wildman–Crippen LogP) is 8.49. The van der Waals surface area contributed by atoms with E-state index in [0.29, 0.717) is 23.4 Å². The summed E-state index contributed by atoms with van der Waals surface area (Å²) in [6, 6.07) is 11.8. The van der Waals surface area contributed by atoms with Crippen LogP contribution in [0.15, 0.2) is 54.6 Å². The van der Waals surface area contributed by atoms with E-state index in [0.717, 1.165) is 22.3 Å². The van der Waals surface area contributed by atoms with E-state index in [2.05, 4.69) is 19.9 Å². The molecule has 2 atom stereocenters. The normalized spacial score (nSPS) is 18.1. The van der Waals surface area contributed by atoms with Crippen molar-refractivity contribution in [1.29, 1.82) is 0 Å². The van der Waals surface area contributed by atoms with Crippen molar-refractivity contribution in [2.24, 2.45) is 0 Å². The summed E-state index contributed by atoms with van der Waals surface area (Å²) >= 11 is 0. The molecule has 1 aliphatic rings. The predicted molar refractivity (Wildman–Crippen MR) is 136 cm³/mol. The molecule has 2 N–H and O–H groups in total. The van der Waals surface area contributed by atoms with Gasteiger partial charge in [0, 0.05) is 5.69 Å². The molecule has 3 aromatic carbocycles. The first kappa shape index (κ1) is 28.3. The van der Waals surface area contributed by atoms with E-state index in [9.17, 15) is 31.1 Å². The number of halogens is 6. The highest BCUT2D eigenvalue weighted by molar-refractivity contribution is 5.75. The van der Waals surface area contributed by atoms with E-state index in [4.69, 9.17) is 10.5 Å². The van der Waals surface area contributed by atoms with Crippen LogP contribution in [0, 0.1) is 6.92 Å². The standard InChI is InChI=1S/C29H28F6N2O2/c1-15(2)18-6-5-16(3)25(12-18)24-8-7-23(36)11-20(24)14-37-17(4)26(39-27(37)38)19-9-21(28(30,31)32)13-22(10-19)29(33,34)35/h5-13,15,17,26H,14,36H2,1-4H3. The molecule has 1 aliphatic heterocycles. The first-order chi connectivity index (χ1) is 18.1. The molecule has 208 valence electrons. The first-order valence-corrected chi connectivity index (χ1v) is 12.3. The van der Waals surface area contributed by atoms with Crippen LogP contribution in [-0.2, 0) is 23.6 Å². The molecule has 2 unspecified atom stereocenters. The summed E-state index contributed by atoms with van der Waals surface area (Å²) in [7, 11) is 0. The summed E-state index contributed by atoms with van der Waals surface area (Å²) in [4.78, 5) is 14.2. The second-order valence-electron chi connectivity index (χ2n) is 10.2. The van der Waals surface area contributed by atoms with Crippen molar-refractivity contribution in [2.45, 2.75) is 64.7 Å². The minimum absolute atomic E-state index is 0.00664. The number of hydrogen-bond acceptors (Lipinski definition) is 3. The van der Waals surface area contributed by atoms with Gasteiger partial charge >= 0.3 is 18.4 Å². The van der Waals surface area contributed by atoms with Gasteiger partial charge in [0.15, 0.2) is 0 Å². The van der Waals surface area contributed by atoms with Crippen molar-refractivity contribution < 1.29 is 35.9 Å². The topological polar surface area (TPSA) is 55.6 Å². The third-order valence-electron chi connectivity index (χ3n) is 7.02. The fourth-order valence-electron chi connectivity index (χ4n) is 4.78. The zero-order valence-electron chi connectivity index (χ0n) is 21.7. The third kappa shape index (κ3) is 5.84. The van der Waals surface area contributed by atoms with Crippen LogP contribution >= 0.6 is 0 Å². The van der Waals surface area contributed by atoms with Gasteiger partial charge in [-0.05, 0) is 83.5 Å². The molecule has 0 bridgehead atoms. The molecule has 0 spiro atoms. The molecular weight excluding hydrogens is 522 g/mol. The minimum atomic E-state index is -5.01. The molecule has 0 aromatic heterocycles. The van der Waals surface area contributed by atoms with Crippen LogP contribution in [-0.4, -0.2) is 17.0 Å². The Bertz CT molecular complexity index is 1370. The molecule has 1 fully saturated rings. The Morgan fingerprint density at radius 2 is 1.51 bits per heavy atom. The van der Waals surface area contributed by atoms with Crippen molar-refractivity contribution in [2.75, 3.05) is 5.73 Å². The highest BCUT2D eigenvalue weighted by Crippen LogP contribution is 2.42. The fourth-order valence-corrected chi connectivity index (χ4v) is 4.78. The highest BCUT2D eigenvalue weighted by Gasteiger charge is 2.43. The number of hydrogen-bond donors (Lipinski definition) is 1. The zero-order chi connectivity index (χ0) is 28.9. The Labute approximate surface area is 222 Å². The number of aryl methyl sites for hydroxylation is 1. The van der Waals surface area contributed by atoms with Crippen LogP contribution in [0.4, 0.5) is 36.8 Å². The lowest BCUT2D eigenvalue weighted by Gasteiger charge is -2.24. The van der Waals surface area contributed by atoms with E-state index in [1.807, 2.05) is 25.1 Å². The van der Waals surface area contributed by atoms with Gasteiger partial charge in [-0.25, -0.2) is 4.79 Å². The van der Waals surface area contributed by atoms with E-state index in [1.54, 1.807) is 12.1 Å². The van der Waals surface area contributed by atoms with Crippen molar-refractivity contribution in [3.05, 3.63) is 88.0 Å². The number of alkyl halides is 6. The average molecular weight is 551 g/mol. The lowest BCUT2D eigenvalue weighted by atomic mass is 9.91. The number of cyclic esters (lactones) is 1. The summed E-state index contributed by atoms with van der Waals surface area (Å²) in [6.45, 7) is 7.61. The number of nitrogens with zero attached hydrogens (tertiary/aromatic N) is 1. The molecule has 4 nitrogen and oxygen atoms in total. The quantitative estimate of drug-likeness (QED) is 0.256. The van der Waals surface area contributed by atoms with E-state index >= 15 is 0 Å². The minimum Gasteiger partial charge on any atom is -0.439 e. The second-order valence-corrected chi connectivity index (χ2v) is 10.2. The molecule has 1 saturated heterocycles. The van der Waals surface area contributed by atoms with Crippen LogP contribution in [0.25, 0.3) is 11.1 Å². The molecule has 1 heterocycles. The number of nitrogen functional groups attached to an aromatic ring is 1. The van der Waals surface area contributed by atoms with Gasteiger partial charge in [0.25, 0.3) is 0 Å². The lowest BCUT2D eigenvalue weighted by molar-refractivity contribution is -0.143. The van der Waals surface area contributed by atoms with E-state index < -0.39 is 41.7 Å². The molecule has 0 saturated carbocycles. The van der Waals surface area contributed by atoms with Crippen molar-refractivity contribution in [3.63, 3.8) is 0 Å². The number of carbonyl (C=O) groups is 1. The monoisotopic (exact) mass is 550 g/mol. The summed E-state index contributed by atoms with van der Waals surface area (Å²) in [5.74, 6) is 0.268. The number of benzene rings is 3. The molecule has 39 heavy (non-hydrogen) atoms. The van der Waals surface area contributed by atoms with Gasteiger partial charge in [-0.15, -0.1) is 0 Å². The maximum atomic E-state index is 13.4. The smallest absolute Gasteiger partial charge is 0.416 e. The molecular formula is C29H28F6N2O2. The molecule has 10 heteroatoms. The van der Waals surface area contributed by atoms with Gasteiger partial charge in [-0.3, -0.25) is 4.90 Å². The van der Waals surface area contributed by atoms with Gasteiger partial charge in [0.1, 0.15) is 6.10 Å². The van der Waals surface area contributed by atoms with E-state index in [-0.39, 0.29) is 24.1 Å². The maximum Gasteiger partial charge on any atom is 0.416 e. The van der Waals surface area contributed by atoms with Crippen molar-refractivity contribution in [1.82, 2.24) is 4.90 Å². The summed E-state index contributed by atoms with van der Waals surface area (Å²) in [5, 5.41) is 0. The van der Waals surface area contributed by atoms with E-state index in [1.165, 1.54) is 11.8 Å². The van der Waals surface area contributed by atoms with Crippen LogP contribution in [0.3, 0.4) is 0 Å². The van der Waals surface area contributed by atoms with Crippen LogP contribution < -0.4 is 5.73 Å². The van der Waals surface area contributed by atoms with Gasteiger partial charge in [-0.1, -0.05) is 38.1 Å². The Kier molecular flexibility index (Phi) is 7.35. The SMILES string of the molecule is Cc1ccc(C(C)C)cc1-c1ccc(N)cc1CN1C(=O)OC(c2cc(C(F)(F)F)cc(C(F)(F)F)c2)C1C. The number of rotatable bonds is 5. The fraction of sp³-hybridized carbons (Fsp3) is 0.345. The number of nitrogens with two attached hydrogens (primary N) is 1. The average Bonchev–Trinajstić information content (AvgIpc) is 3.11. The van der Waals surface area contributed by atoms with Gasteiger partial charge in [-0.2, -0.15) is 26.3 Å². The van der Waals surface area contributed by atoms with Crippen molar-refractivity contribution in [3.8, 4) is 11.1 Å². The molecule has 0 radical (unpaired) electrons. The lowest BCUT2D eigenvalue weighted by Crippen LogP contribution is -2.31. The number of carbonyl (C=O) groups excluding carboxylic acids is 1. The van der Waals surface area contributed by atoms with Crippen molar-refractivity contribution >= 4 is 11.8 Å². The second kappa shape index (κ2) is 10.1. The van der Waals surface area contributed by atoms with Gasteiger partial charge in [0.05, 0.1) is 23.7 Å². The van der Waals surface area contributed by atoms with Gasteiger partial charge in [0.2, 0.25) is 0 Å². The Hall–Kier alpha value is -3.69. The molecule has 1 amide bonds. The van der Waals surface area contributed by atoms with Crippen LogP contribution in [0.5, 0.6) is 0 Å². The Balaban J connectivity index is 1.72. The third-order valence-corrected chi connectivity index (χ3v) is 7.02. The first-order valence-electron chi connectivity index (χ1n) is 12.3. The summed E-state index contributed by atoms with van der Waals surface area (Å²) in [5.41, 5.74) is 7.69. The Morgan fingerprint density at radius 3 is 2.08 bits per heavy atom. The summed E-state index contributed by atoms with van der Waals surface area (Å²) in [6.07, 6.45) is -12.2. The number of ether oxygens (including phenoxy) is 1. The molecule has 4 rings (SSSR count). The number of anilines is 1. The number of amides is 1. The zero-order valence-corrected chi connectivity index (χ0v) is 21.7. The molecule has 0 aliphatic carbocycles. The van der Waals surface area contributed by atoms with Gasteiger partial charge < -0.3 is 10.5 Å². The van der Waals surface area contributed by atoms with Crippen LogP contribution in [0.2, 0.25) is 0 Å². The molecule has 3 aromatic rings. The largest absolute Gasteiger partial charge is 0.439 e. The Morgan fingerprint density at radius 1 is 0.897 bits per heavy atom. The van der Waals surface area contributed by atoms with Crippen LogP contribution in [0.1, 0.15) is 66.2 Å². The highest BCUT2D eigenvalue weighted by atomic mass is 19.4. The summed E-state index contributed by atoms with van der Waals surface area (Å²) < 4.78 is 85.9. The maximum absolute atomic E-state index is 13.4.